The number of nitrogens with zero attached hydrogens (tertiary/aromatic N) is 2. The molecule has 2 aromatic rings. The van der Waals surface area contributed by atoms with E-state index >= 15 is 0 Å². The molecule has 12 nitrogen and oxygen atoms in total. The molecule has 0 heterocycles. The average molecular weight is 803 g/mol. The van der Waals surface area contributed by atoms with Crippen LogP contribution in [0, 0.1) is 13.8 Å². The minimum absolute atomic E-state index is 0.00172. The molecule has 0 aliphatic heterocycles. The zero-order valence-electron chi connectivity index (χ0n) is 31.7. The van der Waals surface area contributed by atoms with E-state index < -0.39 is 35.2 Å². The van der Waals surface area contributed by atoms with Gasteiger partial charge in [-0.3, -0.25) is 17.7 Å². The molecular weight excluding hydrogens is 746 g/mol. The Morgan fingerprint density at radius 2 is 0.865 bits per heavy atom. The summed E-state index contributed by atoms with van der Waals surface area (Å²) in [5.74, 6) is 0. The van der Waals surface area contributed by atoms with Crippen LogP contribution < -0.4 is 0 Å². The highest BCUT2D eigenvalue weighted by Gasteiger charge is 2.40. The minimum Gasteiger partial charge on any atom is -0.304 e. The van der Waals surface area contributed by atoms with Crippen LogP contribution >= 0.6 is 15.2 Å². The number of hydrogen-bond acceptors (Lipinski definition) is 10. The highest BCUT2D eigenvalue weighted by Crippen LogP contribution is 2.59. The van der Waals surface area contributed by atoms with Gasteiger partial charge >= 0.3 is 15.2 Å². The molecule has 292 valence electrons. The van der Waals surface area contributed by atoms with E-state index in [1.54, 1.807) is 65.8 Å². The van der Waals surface area contributed by atoms with Crippen molar-refractivity contribution < 1.29 is 44.1 Å². The maximum Gasteiger partial charge on any atom is 0.377 e. The number of benzene rings is 2. The van der Waals surface area contributed by atoms with E-state index in [9.17, 15) is 26.0 Å². The summed E-state index contributed by atoms with van der Waals surface area (Å²) in [6.07, 6.45) is 8.38. The fourth-order valence-electron chi connectivity index (χ4n) is 5.23. The van der Waals surface area contributed by atoms with Crippen LogP contribution in [0.4, 0.5) is 0 Å². The zero-order chi connectivity index (χ0) is 39.0. The number of rotatable bonds is 24. The van der Waals surface area contributed by atoms with Crippen LogP contribution in [0.1, 0.15) is 78.4 Å². The molecule has 0 fully saturated rings. The molecule has 0 saturated carbocycles. The van der Waals surface area contributed by atoms with E-state index in [0.29, 0.717) is 25.7 Å². The second-order valence-electron chi connectivity index (χ2n) is 11.5. The van der Waals surface area contributed by atoms with E-state index in [0.717, 1.165) is 19.7 Å². The Morgan fingerprint density at radius 3 is 1.12 bits per heavy atom. The smallest absolute Gasteiger partial charge is 0.304 e. The van der Waals surface area contributed by atoms with Crippen LogP contribution in [0.2, 0.25) is 0 Å². The molecule has 0 radical (unpaired) electrons. The summed E-state index contributed by atoms with van der Waals surface area (Å²) in [5.41, 5.74) is 1.69. The largest absolute Gasteiger partial charge is 0.377 e. The summed E-state index contributed by atoms with van der Waals surface area (Å²) in [5, 5.41) is 0. The Labute approximate surface area is 312 Å². The van der Waals surface area contributed by atoms with Crippen LogP contribution in [-0.2, 0) is 47.3 Å². The van der Waals surface area contributed by atoms with Gasteiger partial charge in [0.1, 0.15) is 10.9 Å². The van der Waals surface area contributed by atoms with Crippen LogP contribution in [0.3, 0.4) is 0 Å². The minimum atomic E-state index is -4.13. The van der Waals surface area contributed by atoms with Gasteiger partial charge in [-0.05, 0) is 105 Å². The monoisotopic (exact) mass is 802 g/mol. The first-order valence-electron chi connectivity index (χ1n) is 17.6. The zero-order valence-corrected chi connectivity index (χ0v) is 35.1. The lowest BCUT2D eigenvalue weighted by atomic mass is 10.2. The molecule has 2 rings (SSSR count). The maximum atomic E-state index is 13.9. The van der Waals surface area contributed by atoms with Crippen molar-refractivity contribution in [1.82, 2.24) is 8.61 Å². The van der Waals surface area contributed by atoms with Crippen LogP contribution in [0.25, 0.3) is 0 Å². The molecule has 0 aliphatic rings. The summed E-state index contributed by atoms with van der Waals surface area (Å²) in [7, 11) is -16.2. The van der Waals surface area contributed by atoms with Crippen molar-refractivity contribution in [2.75, 3.05) is 39.5 Å². The van der Waals surface area contributed by atoms with E-state index in [4.69, 9.17) is 18.1 Å². The first-order chi connectivity index (χ1) is 24.6. The first kappa shape index (κ1) is 45.6. The van der Waals surface area contributed by atoms with Crippen molar-refractivity contribution >= 4 is 35.2 Å². The molecule has 0 unspecified atom stereocenters. The summed E-state index contributed by atoms with van der Waals surface area (Å²) in [6.45, 7) is 13.8. The second-order valence-corrected chi connectivity index (χ2v) is 19.2. The molecule has 0 N–H and O–H groups in total. The first-order valence-corrected chi connectivity index (χ1v) is 23.5. The second kappa shape index (κ2) is 21.4. The van der Waals surface area contributed by atoms with Gasteiger partial charge in [0.2, 0.25) is 0 Å². The molecule has 0 bridgehead atoms. The Bertz CT molecular complexity index is 1670. The predicted octanol–water partition coefficient (Wildman–Crippen LogP) is 9.36. The van der Waals surface area contributed by atoms with Gasteiger partial charge in [0.05, 0.1) is 36.2 Å². The van der Waals surface area contributed by atoms with Crippen molar-refractivity contribution in [2.24, 2.45) is 0 Å². The Balaban J connectivity index is 2.29. The third kappa shape index (κ3) is 12.0. The predicted molar refractivity (Wildman–Crippen MR) is 207 cm³/mol. The van der Waals surface area contributed by atoms with Gasteiger partial charge in [0.15, 0.2) is 0 Å². The number of hydrogen-bond donors (Lipinski definition) is 0. The SMILES string of the molecule is C/C=C(/N(CCC/C=C/CCCN(/C(=C\C)P(=O)(OCC)OCC)S(=O)(=O)c1ccc(C)cc1)S(=O)(=O)c1ccc(C)cc1)P(=O)(OCC)OCC. The number of sulfonamides is 2. The molecular formula is C36H56N2O10P2S2. The Morgan fingerprint density at radius 1 is 0.577 bits per heavy atom. The van der Waals surface area contributed by atoms with Crippen LogP contribution in [0.5, 0.6) is 0 Å². The van der Waals surface area contributed by atoms with E-state index in [1.165, 1.54) is 36.4 Å². The van der Waals surface area contributed by atoms with E-state index in [2.05, 4.69) is 0 Å². The fraction of sp³-hybridized carbons (Fsp3) is 0.500. The summed E-state index contributed by atoms with van der Waals surface area (Å²) < 4.78 is 108. The van der Waals surface area contributed by atoms with Gasteiger partial charge in [-0.2, -0.15) is 0 Å². The van der Waals surface area contributed by atoms with Crippen molar-refractivity contribution in [3.8, 4) is 0 Å². The van der Waals surface area contributed by atoms with Gasteiger partial charge in [0.25, 0.3) is 20.0 Å². The standard InChI is InChI=1S/C36H56N2O10P2S2/c1-9-35(49(39,45-11-3)46-12-4)37(51(41,42)33-25-21-31(7)22-26-33)29-19-17-15-16-18-20-30-38(36(10-2)50(40,47-13-5)48-14-6)52(43,44)34-27-23-32(8)24-28-34/h9-10,15-16,21-28H,11-14,17-20,29-30H2,1-8H3/b16-15+,35-9-,36-10+. The number of aryl methyl sites for hydroxylation is 2. The molecule has 0 aromatic heterocycles. The van der Waals surface area contributed by atoms with E-state index in [-0.39, 0.29) is 60.2 Å². The quantitative estimate of drug-likeness (QED) is 0.0572. The fourth-order valence-corrected chi connectivity index (χ4v) is 12.8. The molecule has 16 heteroatoms. The number of unbranched alkanes of at least 4 members (excludes halogenated alkanes) is 2. The third-order valence-electron chi connectivity index (χ3n) is 7.63. The summed E-state index contributed by atoms with van der Waals surface area (Å²) >= 11 is 0. The van der Waals surface area contributed by atoms with Crippen molar-refractivity contribution in [1.29, 1.82) is 0 Å². The molecule has 52 heavy (non-hydrogen) atoms. The lowest BCUT2D eigenvalue weighted by Crippen LogP contribution is -2.32. The third-order valence-corrected chi connectivity index (χ3v) is 16.1. The molecule has 0 atom stereocenters. The highest BCUT2D eigenvalue weighted by atomic mass is 32.2. The average Bonchev–Trinajstić information content (AvgIpc) is 3.09. The normalized spacial score (nSPS) is 13.5. The molecule has 0 saturated heterocycles. The molecule has 0 spiro atoms. The van der Waals surface area contributed by atoms with Crippen molar-refractivity contribution in [3.63, 3.8) is 0 Å². The van der Waals surface area contributed by atoms with Crippen LogP contribution in [-0.4, -0.2) is 65.0 Å². The van der Waals surface area contributed by atoms with E-state index in [1.807, 2.05) is 26.0 Å². The van der Waals surface area contributed by atoms with Gasteiger partial charge in [-0.15, -0.1) is 0 Å². The Hall–Kier alpha value is -2.54. The van der Waals surface area contributed by atoms with Crippen molar-refractivity contribution in [2.45, 2.75) is 90.9 Å². The highest BCUT2D eigenvalue weighted by molar-refractivity contribution is 7.90. The van der Waals surface area contributed by atoms with Gasteiger partial charge in [-0.25, -0.2) is 16.8 Å². The lowest BCUT2D eigenvalue weighted by molar-refractivity contribution is 0.219. The number of allylic oxidation sites excluding steroid dienone is 4. The topological polar surface area (TPSA) is 146 Å². The lowest BCUT2D eigenvalue weighted by Gasteiger charge is -2.30. The van der Waals surface area contributed by atoms with Gasteiger partial charge < -0.3 is 18.1 Å². The van der Waals surface area contributed by atoms with Gasteiger partial charge in [0, 0.05) is 13.1 Å². The molecule has 2 aromatic carbocycles. The van der Waals surface area contributed by atoms with Crippen molar-refractivity contribution in [3.05, 3.63) is 94.8 Å². The maximum absolute atomic E-state index is 13.9. The van der Waals surface area contributed by atoms with Gasteiger partial charge in [-0.1, -0.05) is 59.7 Å². The molecule has 0 amide bonds. The molecule has 0 aliphatic carbocycles. The summed E-state index contributed by atoms with van der Waals surface area (Å²) in [6, 6.07) is 12.9. The van der Waals surface area contributed by atoms with Crippen LogP contribution in [0.15, 0.2) is 93.5 Å². The summed E-state index contributed by atoms with van der Waals surface area (Å²) in [4.78, 5) is 0.104. The Kier molecular flexibility index (Phi) is 18.8.